The van der Waals surface area contributed by atoms with Crippen molar-refractivity contribution in [1.82, 2.24) is 10.6 Å². The Kier molecular flexibility index (Phi) is 3.30. The predicted molar refractivity (Wildman–Crippen MR) is 56.0 cm³/mol. The first-order valence-electron chi connectivity index (χ1n) is 5.15. The average molecular weight is 210 g/mol. The summed E-state index contributed by atoms with van der Waals surface area (Å²) >= 11 is 0. The second-order valence-electron chi connectivity index (χ2n) is 3.76. The molecule has 1 aliphatic rings. The first-order valence-corrected chi connectivity index (χ1v) is 5.15. The van der Waals surface area contributed by atoms with Gasteiger partial charge in [-0.05, 0) is 17.7 Å². The van der Waals surface area contributed by atoms with E-state index in [2.05, 4.69) is 10.6 Å². The van der Waals surface area contributed by atoms with Crippen molar-refractivity contribution >= 4 is 0 Å². The van der Waals surface area contributed by atoms with E-state index in [1.165, 1.54) is 12.1 Å². The highest BCUT2D eigenvalue weighted by Gasteiger charge is 2.22. The third-order valence-electron chi connectivity index (χ3n) is 2.67. The molecule has 0 radical (unpaired) electrons. The van der Waals surface area contributed by atoms with Crippen molar-refractivity contribution in [2.75, 3.05) is 19.6 Å². The zero-order chi connectivity index (χ0) is 10.7. The van der Waals surface area contributed by atoms with Gasteiger partial charge in [0.05, 0.1) is 6.10 Å². The molecule has 3 N–H and O–H groups in total. The summed E-state index contributed by atoms with van der Waals surface area (Å²) in [6.45, 7) is 2.51. The van der Waals surface area contributed by atoms with E-state index in [1.807, 2.05) is 0 Å². The van der Waals surface area contributed by atoms with Gasteiger partial charge >= 0.3 is 0 Å². The molecule has 0 aromatic heterocycles. The number of hydrogen-bond donors (Lipinski definition) is 3. The molecule has 2 unspecified atom stereocenters. The van der Waals surface area contributed by atoms with Gasteiger partial charge in [0.25, 0.3) is 0 Å². The summed E-state index contributed by atoms with van der Waals surface area (Å²) < 4.78 is 12.7. The second-order valence-corrected chi connectivity index (χ2v) is 3.76. The van der Waals surface area contributed by atoms with Gasteiger partial charge in [0.15, 0.2) is 0 Å². The fourth-order valence-electron chi connectivity index (χ4n) is 1.79. The van der Waals surface area contributed by atoms with Gasteiger partial charge < -0.3 is 15.7 Å². The van der Waals surface area contributed by atoms with Crippen LogP contribution in [-0.2, 0) is 0 Å². The molecule has 2 atom stereocenters. The largest absolute Gasteiger partial charge is 0.387 e. The fourth-order valence-corrected chi connectivity index (χ4v) is 1.79. The third-order valence-corrected chi connectivity index (χ3v) is 2.67. The van der Waals surface area contributed by atoms with Crippen LogP contribution in [0.4, 0.5) is 4.39 Å². The molecule has 1 aliphatic heterocycles. The highest BCUT2D eigenvalue weighted by atomic mass is 19.1. The van der Waals surface area contributed by atoms with Gasteiger partial charge in [-0.2, -0.15) is 0 Å². The molecule has 3 nitrogen and oxygen atoms in total. The van der Waals surface area contributed by atoms with Gasteiger partial charge in [-0.25, -0.2) is 4.39 Å². The van der Waals surface area contributed by atoms with Crippen molar-refractivity contribution in [2.24, 2.45) is 0 Å². The Labute approximate surface area is 88.3 Å². The maximum atomic E-state index is 12.7. The highest BCUT2D eigenvalue weighted by Crippen LogP contribution is 2.17. The number of piperazine rings is 1. The smallest absolute Gasteiger partial charge is 0.123 e. The number of nitrogens with one attached hydrogen (secondary N) is 2. The topological polar surface area (TPSA) is 44.3 Å². The molecule has 0 saturated carbocycles. The van der Waals surface area contributed by atoms with Crippen molar-refractivity contribution in [3.63, 3.8) is 0 Å². The third kappa shape index (κ3) is 2.53. The molecule has 1 fully saturated rings. The van der Waals surface area contributed by atoms with Crippen LogP contribution >= 0.6 is 0 Å². The van der Waals surface area contributed by atoms with Crippen LogP contribution < -0.4 is 10.6 Å². The standard InChI is InChI=1S/C11H15FN2O/c12-9-3-1-8(2-4-9)11(15)10-7-13-5-6-14-10/h1-4,10-11,13-15H,5-7H2. The molecule has 1 aromatic carbocycles. The number of halogens is 1. The van der Waals surface area contributed by atoms with E-state index in [1.54, 1.807) is 12.1 Å². The first kappa shape index (κ1) is 10.5. The fraction of sp³-hybridized carbons (Fsp3) is 0.455. The maximum absolute atomic E-state index is 12.7. The summed E-state index contributed by atoms with van der Waals surface area (Å²) in [5, 5.41) is 16.4. The van der Waals surface area contributed by atoms with Crippen LogP contribution in [-0.4, -0.2) is 30.8 Å². The summed E-state index contributed by atoms with van der Waals surface area (Å²) in [6, 6.07) is 5.99. The number of aliphatic hydroxyl groups is 1. The van der Waals surface area contributed by atoms with E-state index in [0.29, 0.717) is 0 Å². The van der Waals surface area contributed by atoms with Crippen LogP contribution in [0.25, 0.3) is 0 Å². The van der Waals surface area contributed by atoms with Crippen LogP contribution in [0.2, 0.25) is 0 Å². The Bertz CT molecular complexity index is 309. The van der Waals surface area contributed by atoms with Crippen molar-refractivity contribution in [3.8, 4) is 0 Å². The summed E-state index contributed by atoms with van der Waals surface area (Å²) in [5.74, 6) is -0.277. The van der Waals surface area contributed by atoms with Crippen LogP contribution in [0.1, 0.15) is 11.7 Å². The molecule has 15 heavy (non-hydrogen) atoms. The minimum absolute atomic E-state index is 0.00390. The Hall–Kier alpha value is -0.970. The zero-order valence-corrected chi connectivity index (χ0v) is 8.41. The Morgan fingerprint density at radius 2 is 2.00 bits per heavy atom. The normalized spacial score (nSPS) is 23.7. The average Bonchev–Trinajstić information content (AvgIpc) is 2.30. The lowest BCUT2D eigenvalue weighted by Gasteiger charge is -2.28. The van der Waals surface area contributed by atoms with Gasteiger partial charge in [-0.1, -0.05) is 12.1 Å². The number of aliphatic hydroxyl groups excluding tert-OH is 1. The molecule has 1 saturated heterocycles. The van der Waals surface area contributed by atoms with Gasteiger partial charge in [0, 0.05) is 25.7 Å². The number of hydrogen-bond acceptors (Lipinski definition) is 3. The lowest BCUT2D eigenvalue weighted by atomic mass is 10.0. The molecule has 1 aromatic rings. The quantitative estimate of drug-likeness (QED) is 0.663. The lowest BCUT2D eigenvalue weighted by molar-refractivity contribution is 0.120. The Balaban J connectivity index is 2.05. The molecule has 82 valence electrons. The highest BCUT2D eigenvalue weighted by molar-refractivity contribution is 5.20. The van der Waals surface area contributed by atoms with E-state index in [0.717, 1.165) is 25.2 Å². The number of rotatable bonds is 2. The molecule has 1 heterocycles. The first-order chi connectivity index (χ1) is 7.27. The second kappa shape index (κ2) is 4.70. The van der Waals surface area contributed by atoms with Gasteiger partial charge in [-0.15, -0.1) is 0 Å². The van der Waals surface area contributed by atoms with Crippen LogP contribution in [0.3, 0.4) is 0 Å². The monoisotopic (exact) mass is 210 g/mol. The summed E-state index contributed by atoms with van der Waals surface area (Å²) in [5.41, 5.74) is 0.748. The van der Waals surface area contributed by atoms with E-state index in [9.17, 15) is 9.50 Å². The zero-order valence-electron chi connectivity index (χ0n) is 8.41. The summed E-state index contributed by atoms with van der Waals surface area (Å²) in [4.78, 5) is 0. The molecule has 0 bridgehead atoms. The molecule has 0 amide bonds. The molecule has 0 aliphatic carbocycles. The number of benzene rings is 1. The summed E-state index contributed by atoms with van der Waals surface area (Å²) in [7, 11) is 0. The van der Waals surface area contributed by atoms with Gasteiger partial charge in [0.2, 0.25) is 0 Å². The van der Waals surface area contributed by atoms with Crippen molar-refractivity contribution in [1.29, 1.82) is 0 Å². The van der Waals surface area contributed by atoms with Crippen molar-refractivity contribution in [2.45, 2.75) is 12.1 Å². The van der Waals surface area contributed by atoms with E-state index >= 15 is 0 Å². The van der Waals surface area contributed by atoms with Crippen LogP contribution in [0.5, 0.6) is 0 Å². The van der Waals surface area contributed by atoms with Crippen molar-refractivity contribution in [3.05, 3.63) is 35.6 Å². The maximum Gasteiger partial charge on any atom is 0.123 e. The molecule has 0 spiro atoms. The minimum atomic E-state index is -0.585. The molecular formula is C11H15FN2O. The van der Waals surface area contributed by atoms with Crippen molar-refractivity contribution < 1.29 is 9.50 Å². The van der Waals surface area contributed by atoms with Gasteiger partial charge in [0.1, 0.15) is 5.82 Å². The molecule has 4 heteroatoms. The van der Waals surface area contributed by atoms with Crippen LogP contribution in [0, 0.1) is 5.82 Å². The molecule has 2 rings (SSSR count). The van der Waals surface area contributed by atoms with E-state index < -0.39 is 6.10 Å². The molecular weight excluding hydrogens is 195 g/mol. The predicted octanol–water partition coefficient (Wildman–Crippen LogP) is 0.420. The van der Waals surface area contributed by atoms with E-state index in [-0.39, 0.29) is 11.9 Å². The Morgan fingerprint density at radius 3 is 2.60 bits per heavy atom. The minimum Gasteiger partial charge on any atom is -0.387 e. The SMILES string of the molecule is OC(c1ccc(F)cc1)C1CNCCN1. The lowest BCUT2D eigenvalue weighted by Crippen LogP contribution is -2.51. The van der Waals surface area contributed by atoms with Gasteiger partial charge in [-0.3, -0.25) is 0 Å². The van der Waals surface area contributed by atoms with Crippen LogP contribution in [0.15, 0.2) is 24.3 Å². The Morgan fingerprint density at radius 1 is 1.27 bits per heavy atom. The summed E-state index contributed by atoms with van der Waals surface area (Å²) in [6.07, 6.45) is -0.585. The van der Waals surface area contributed by atoms with E-state index in [4.69, 9.17) is 0 Å².